The normalized spacial score (nSPS) is 13.9. The number of anilines is 1. The lowest BCUT2D eigenvalue weighted by Gasteiger charge is -2.28. The van der Waals surface area contributed by atoms with E-state index >= 15 is 0 Å². The number of benzene rings is 1. The van der Waals surface area contributed by atoms with Crippen LogP contribution < -0.4 is 16.1 Å². The topological polar surface area (TPSA) is 115 Å². The van der Waals surface area contributed by atoms with E-state index in [4.69, 9.17) is 10.4 Å². The van der Waals surface area contributed by atoms with Gasteiger partial charge in [-0.15, -0.1) is 5.92 Å². The lowest BCUT2D eigenvalue weighted by atomic mass is 10.1. The van der Waals surface area contributed by atoms with E-state index in [-0.39, 0.29) is 13.1 Å². The van der Waals surface area contributed by atoms with E-state index in [1.165, 1.54) is 4.57 Å². The van der Waals surface area contributed by atoms with Crippen LogP contribution in [0.3, 0.4) is 0 Å². The Morgan fingerprint density at radius 1 is 1.11 bits per heavy atom. The predicted octanol–water partition coefficient (Wildman–Crippen LogP) is 1.84. The summed E-state index contributed by atoms with van der Waals surface area (Å²) >= 11 is 0. The van der Waals surface area contributed by atoms with Crippen molar-refractivity contribution >= 4 is 33.7 Å². The van der Waals surface area contributed by atoms with Gasteiger partial charge >= 0.3 is 5.69 Å². The molecule has 0 bridgehead atoms. The SMILES string of the molecule is CC#CCn1c(N2CCCC(=N)C2)nc2c1c(=O)n(Cc1nc(C)c3ccccc3n1)c(=O)n2C. The first-order valence-electron chi connectivity index (χ1n) is 11.5. The van der Waals surface area contributed by atoms with Crippen LogP contribution in [0.25, 0.3) is 22.1 Å². The van der Waals surface area contributed by atoms with Crippen LogP contribution in [0.5, 0.6) is 0 Å². The molecular weight excluding hydrogens is 444 g/mol. The van der Waals surface area contributed by atoms with Gasteiger partial charge < -0.3 is 10.3 Å². The largest absolute Gasteiger partial charge is 0.337 e. The number of rotatable bonds is 4. The molecular formula is C25H26N8O2. The summed E-state index contributed by atoms with van der Waals surface area (Å²) in [6.07, 6.45) is 1.59. The molecule has 1 aliphatic heterocycles. The van der Waals surface area contributed by atoms with Gasteiger partial charge in [0.1, 0.15) is 5.82 Å². The monoisotopic (exact) mass is 470 g/mol. The third-order valence-corrected chi connectivity index (χ3v) is 6.34. The molecule has 178 valence electrons. The Kier molecular flexibility index (Phi) is 5.68. The molecule has 4 heterocycles. The van der Waals surface area contributed by atoms with Crippen LogP contribution >= 0.6 is 0 Å². The Bertz CT molecular complexity index is 1660. The highest BCUT2D eigenvalue weighted by atomic mass is 16.2. The molecule has 0 radical (unpaired) electrons. The van der Waals surface area contributed by atoms with Gasteiger partial charge in [0.25, 0.3) is 5.56 Å². The average Bonchev–Trinajstić information content (AvgIpc) is 3.24. The molecule has 0 saturated carbocycles. The Labute approximate surface area is 201 Å². The number of nitrogens with one attached hydrogen (secondary N) is 1. The number of aromatic nitrogens is 6. The molecule has 1 saturated heterocycles. The minimum absolute atomic E-state index is 0.0541. The maximum absolute atomic E-state index is 13.7. The number of fused-ring (bicyclic) bond motifs is 2. The molecule has 0 unspecified atom stereocenters. The van der Waals surface area contributed by atoms with Crippen LogP contribution in [0.1, 0.15) is 31.3 Å². The molecule has 10 nitrogen and oxygen atoms in total. The summed E-state index contributed by atoms with van der Waals surface area (Å²) in [5.74, 6) is 6.84. The maximum Gasteiger partial charge on any atom is 0.332 e. The highest BCUT2D eigenvalue weighted by Crippen LogP contribution is 2.22. The molecule has 10 heteroatoms. The molecule has 1 aromatic carbocycles. The van der Waals surface area contributed by atoms with Gasteiger partial charge in [0, 0.05) is 30.4 Å². The number of hydrogen-bond acceptors (Lipinski definition) is 7. The standard InChI is InChI=1S/C25H26N8O2/c1-4-5-13-32-21-22(29-24(32)31-12-8-9-17(26)14-31)30(3)25(35)33(23(21)34)15-20-27-16(2)18-10-6-7-11-19(18)28-20/h6-7,10-11,26H,8-9,12-15H2,1-3H3. The van der Waals surface area contributed by atoms with Gasteiger partial charge in [0.2, 0.25) is 5.95 Å². The quantitative estimate of drug-likeness (QED) is 0.455. The van der Waals surface area contributed by atoms with Crippen LogP contribution in [0, 0.1) is 24.2 Å². The summed E-state index contributed by atoms with van der Waals surface area (Å²) in [7, 11) is 1.61. The van der Waals surface area contributed by atoms with Gasteiger partial charge in [-0.25, -0.2) is 14.8 Å². The smallest absolute Gasteiger partial charge is 0.332 e. The predicted molar refractivity (Wildman–Crippen MR) is 135 cm³/mol. The lowest BCUT2D eigenvalue weighted by molar-refractivity contribution is 0.633. The van der Waals surface area contributed by atoms with Crippen LogP contribution in [0.2, 0.25) is 0 Å². The summed E-state index contributed by atoms with van der Waals surface area (Å²) in [6, 6.07) is 7.65. The molecule has 3 aromatic heterocycles. The van der Waals surface area contributed by atoms with Crippen molar-refractivity contribution in [1.82, 2.24) is 28.7 Å². The van der Waals surface area contributed by atoms with Crippen molar-refractivity contribution < 1.29 is 0 Å². The number of hydrogen-bond donors (Lipinski definition) is 1. The Balaban J connectivity index is 1.70. The first-order chi connectivity index (χ1) is 16.9. The fourth-order valence-corrected chi connectivity index (χ4v) is 4.60. The molecule has 35 heavy (non-hydrogen) atoms. The molecule has 1 aliphatic rings. The van der Waals surface area contributed by atoms with Crippen LogP contribution in [-0.4, -0.2) is 47.5 Å². The molecule has 0 amide bonds. The second kappa shape index (κ2) is 8.83. The Morgan fingerprint density at radius 2 is 1.91 bits per heavy atom. The third-order valence-electron chi connectivity index (χ3n) is 6.34. The summed E-state index contributed by atoms with van der Waals surface area (Å²) in [4.78, 5) is 42.8. The zero-order valence-electron chi connectivity index (χ0n) is 20.0. The van der Waals surface area contributed by atoms with Crippen molar-refractivity contribution in [3.05, 3.63) is 56.6 Å². The molecule has 0 atom stereocenters. The van der Waals surface area contributed by atoms with E-state index < -0.39 is 11.2 Å². The zero-order valence-corrected chi connectivity index (χ0v) is 20.0. The molecule has 1 N–H and O–H groups in total. The minimum atomic E-state index is -0.485. The molecule has 5 rings (SSSR count). The van der Waals surface area contributed by atoms with Crippen molar-refractivity contribution in [2.45, 2.75) is 39.8 Å². The van der Waals surface area contributed by atoms with E-state index in [2.05, 4.69) is 21.8 Å². The number of para-hydroxylation sites is 1. The van der Waals surface area contributed by atoms with Gasteiger partial charge in [-0.3, -0.25) is 18.5 Å². The molecule has 4 aromatic rings. The highest BCUT2D eigenvalue weighted by molar-refractivity contribution is 5.87. The average molecular weight is 471 g/mol. The Hall–Kier alpha value is -4.26. The molecule has 0 spiro atoms. The number of piperidine rings is 1. The van der Waals surface area contributed by atoms with Crippen molar-refractivity contribution in [3.8, 4) is 11.8 Å². The summed E-state index contributed by atoms with van der Waals surface area (Å²) in [5, 5.41) is 9.05. The van der Waals surface area contributed by atoms with Gasteiger partial charge in [-0.05, 0) is 32.8 Å². The fourth-order valence-electron chi connectivity index (χ4n) is 4.60. The lowest BCUT2D eigenvalue weighted by Crippen LogP contribution is -2.40. The second-order valence-corrected chi connectivity index (χ2v) is 8.70. The van der Waals surface area contributed by atoms with Crippen LogP contribution in [-0.2, 0) is 20.1 Å². The zero-order chi connectivity index (χ0) is 24.7. The van der Waals surface area contributed by atoms with Gasteiger partial charge in [-0.2, -0.15) is 4.98 Å². The van der Waals surface area contributed by atoms with Gasteiger partial charge in [0.15, 0.2) is 11.2 Å². The van der Waals surface area contributed by atoms with Crippen LogP contribution in [0.15, 0.2) is 33.9 Å². The van der Waals surface area contributed by atoms with E-state index in [1.807, 2.05) is 36.1 Å². The van der Waals surface area contributed by atoms with E-state index in [0.717, 1.165) is 40.6 Å². The first kappa shape index (κ1) is 22.5. The first-order valence-corrected chi connectivity index (χ1v) is 11.5. The van der Waals surface area contributed by atoms with Crippen molar-refractivity contribution in [2.75, 3.05) is 18.0 Å². The number of aryl methyl sites for hydroxylation is 2. The summed E-state index contributed by atoms with van der Waals surface area (Å²) in [6.45, 7) is 4.99. The minimum Gasteiger partial charge on any atom is -0.337 e. The summed E-state index contributed by atoms with van der Waals surface area (Å²) < 4.78 is 4.31. The van der Waals surface area contributed by atoms with E-state index in [0.29, 0.717) is 35.2 Å². The van der Waals surface area contributed by atoms with Crippen molar-refractivity contribution in [1.29, 1.82) is 5.41 Å². The van der Waals surface area contributed by atoms with Crippen LogP contribution in [0.4, 0.5) is 5.95 Å². The molecule has 0 aliphatic carbocycles. The number of imidazole rings is 1. The molecule has 1 fully saturated rings. The van der Waals surface area contributed by atoms with Gasteiger partial charge in [0.05, 0.1) is 25.2 Å². The van der Waals surface area contributed by atoms with Gasteiger partial charge in [-0.1, -0.05) is 24.1 Å². The summed E-state index contributed by atoms with van der Waals surface area (Å²) in [5.41, 5.74) is 1.83. The third kappa shape index (κ3) is 3.89. The maximum atomic E-state index is 13.7. The van der Waals surface area contributed by atoms with Crippen molar-refractivity contribution in [2.24, 2.45) is 7.05 Å². The van der Waals surface area contributed by atoms with Crippen molar-refractivity contribution in [3.63, 3.8) is 0 Å². The highest BCUT2D eigenvalue weighted by Gasteiger charge is 2.25. The second-order valence-electron chi connectivity index (χ2n) is 8.70. The number of nitrogens with zero attached hydrogens (tertiary/aromatic N) is 7. The fraction of sp³-hybridized carbons (Fsp3) is 0.360. The Morgan fingerprint density at radius 3 is 2.69 bits per heavy atom. The van der Waals surface area contributed by atoms with E-state index in [1.54, 1.807) is 18.5 Å². The van der Waals surface area contributed by atoms with E-state index in [9.17, 15) is 9.59 Å².